The van der Waals surface area contributed by atoms with E-state index in [2.05, 4.69) is 9.72 Å². The molecule has 0 saturated heterocycles. The Kier molecular flexibility index (Phi) is 2.54. The molecule has 0 radical (unpaired) electrons. The molecule has 2 aromatic rings. The molecule has 1 N–H and O–H groups in total. The van der Waals surface area contributed by atoms with E-state index < -0.39 is 11.8 Å². The van der Waals surface area contributed by atoms with Gasteiger partial charge in [0, 0.05) is 0 Å². The third-order valence-corrected chi connectivity index (χ3v) is 3.18. The number of aromatic nitrogens is 1. The first-order valence-electron chi connectivity index (χ1n) is 4.03. The minimum atomic E-state index is -0.686. The van der Waals surface area contributed by atoms with Crippen molar-refractivity contribution in [2.75, 3.05) is 7.11 Å². The highest BCUT2D eigenvalue weighted by atomic mass is 32.1. The number of esters is 1. The van der Waals surface area contributed by atoms with Crippen LogP contribution in [-0.4, -0.2) is 18.1 Å². The molecule has 0 amide bonds. The number of halogens is 1. The molecule has 1 aromatic heterocycles. The first-order valence-corrected chi connectivity index (χ1v) is 5.25. The zero-order valence-corrected chi connectivity index (χ0v) is 9.30. The Morgan fingerprint density at radius 3 is 3.00 bits per heavy atom. The SMILES string of the molecule is COC(=O)c1ccc2[nH]c(=S)sc2c1F. The highest BCUT2D eigenvalue weighted by Crippen LogP contribution is 2.25. The van der Waals surface area contributed by atoms with E-state index >= 15 is 0 Å². The van der Waals surface area contributed by atoms with Crippen LogP contribution in [0.5, 0.6) is 0 Å². The summed E-state index contributed by atoms with van der Waals surface area (Å²) in [5.41, 5.74) is 0.519. The highest BCUT2D eigenvalue weighted by Gasteiger charge is 2.15. The van der Waals surface area contributed by atoms with Gasteiger partial charge in [0.05, 0.1) is 22.9 Å². The van der Waals surface area contributed by atoms with Crippen LogP contribution in [0.4, 0.5) is 4.39 Å². The molecule has 0 bridgehead atoms. The number of hydrogen-bond donors (Lipinski definition) is 1. The van der Waals surface area contributed by atoms with Crippen LogP contribution in [0.3, 0.4) is 0 Å². The third kappa shape index (κ3) is 1.66. The standard InChI is InChI=1S/C9H6FNO2S2/c1-13-8(12)4-2-3-5-7(6(4)10)15-9(14)11-5/h2-3H,1H3,(H,11,14). The van der Waals surface area contributed by atoms with Crippen molar-refractivity contribution in [1.82, 2.24) is 4.98 Å². The van der Waals surface area contributed by atoms with Crippen LogP contribution in [-0.2, 0) is 4.74 Å². The van der Waals surface area contributed by atoms with E-state index in [4.69, 9.17) is 12.2 Å². The summed E-state index contributed by atoms with van der Waals surface area (Å²) in [5, 5.41) is 0. The summed E-state index contributed by atoms with van der Waals surface area (Å²) in [4.78, 5) is 14.0. The van der Waals surface area contributed by atoms with Crippen molar-refractivity contribution < 1.29 is 13.9 Å². The number of carbonyl (C=O) groups excluding carboxylic acids is 1. The van der Waals surface area contributed by atoms with Crippen molar-refractivity contribution in [1.29, 1.82) is 0 Å². The van der Waals surface area contributed by atoms with Crippen molar-refractivity contribution in [3.05, 3.63) is 27.5 Å². The summed E-state index contributed by atoms with van der Waals surface area (Å²) < 4.78 is 19.1. The van der Waals surface area contributed by atoms with Crippen LogP contribution < -0.4 is 0 Å². The maximum Gasteiger partial charge on any atom is 0.340 e. The van der Waals surface area contributed by atoms with Crippen LogP contribution in [0.15, 0.2) is 12.1 Å². The molecule has 0 spiro atoms. The molecular formula is C9H6FNO2S2. The average molecular weight is 243 g/mol. The van der Waals surface area contributed by atoms with Crippen molar-refractivity contribution in [2.45, 2.75) is 0 Å². The molecule has 1 heterocycles. The Bertz CT molecular complexity index is 587. The molecule has 0 aliphatic carbocycles. The van der Waals surface area contributed by atoms with Gasteiger partial charge in [-0.25, -0.2) is 9.18 Å². The molecule has 2 rings (SSSR count). The lowest BCUT2D eigenvalue weighted by Crippen LogP contribution is -2.03. The monoisotopic (exact) mass is 243 g/mol. The molecule has 0 atom stereocenters. The number of fused-ring (bicyclic) bond motifs is 1. The van der Waals surface area contributed by atoms with Crippen LogP contribution in [0.1, 0.15) is 10.4 Å². The van der Waals surface area contributed by atoms with Gasteiger partial charge in [-0.05, 0) is 24.4 Å². The lowest BCUT2D eigenvalue weighted by Gasteiger charge is -2.00. The van der Waals surface area contributed by atoms with Gasteiger partial charge in [0.1, 0.15) is 0 Å². The number of aromatic amines is 1. The van der Waals surface area contributed by atoms with Gasteiger partial charge >= 0.3 is 5.97 Å². The van der Waals surface area contributed by atoms with E-state index in [0.717, 1.165) is 11.3 Å². The average Bonchev–Trinajstić information content (AvgIpc) is 2.59. The van der Waals surface area contributed by atoms with Gasteiger partial charge in [-0.3, -0.25) is 0 Å². The van der Waals surface area contributed by atoms with E-state index in [9.17, 15) is 9.18 Å². The van der Waals surface area contributed by atoms with E-state index in [0.29, 0.717) is 14.2 Å². The first-order chi connectivity index (χ1) is 7.13. The fourth-order valence-electron chi connectivity index (χ4n) is 1.25. The smallest absolute Gasteiger partial charge is 0.340 e. The van der Waals surface area contributed by atoms with Gasteiger partial charge in [-0.15, -0.1) is 11.3 Å². The fourth-order valence-corrected chi connectivity index (χ4v) is 2.38. The zero-order valence-electron chi connectivity index (χ0n) is 7.67. The van der Waals surface area contributed by atoms with Gasteiger partial charge in [0.2, 0.25) is 0 Å². The Balaban J connectivity index is 2.74. The normalized spacial score (nSPS) is 10.5. The summed E-state index contributed by atoms with van der Waals surface area (Å²) in [6.07, 6.45) is 0. The number of benzene rings is 1. The van der Waals surface area contributed by atoms with Gasteiger partial charge in [-0.2, -0.15) is 0 Å². The van der Waals surface area contributed by atoms with Crippen LogP contribution in [0.2, 0.25) is 0 Å². The highest BCUT2D eigenvalue weighted by molar-refractivity contribution is 7.73. The van der Waals surface area contributed by atoms with Gasteiger partial charge < -0.3 is 9.72 Å². The summed E-state index contributed by atoms with van der Waals surface area (Å²) >= 11 is 5.99. The topological polar surface area (TPSA) is 42.1 Å². The second-order valence-corrected chi connectivity index (χ2v) is 4.50. The van der Waals surface area contributed by atoms with Crippen molar-refractivity contribution in [3.63, 3.8) is 0 Å². The van der Waals surface area contributed by atoms with E-state index in [-0.39, 0.29) is 5.56 Å². The van der Waals surface area contributed by atoms with E-state index in [1.807, 2.05) is 0 Å². The quantitative estimate of drug-likeness (QED) is 0.618. The van der Waals surface area contributed by atoms with E-state index in [1.54, 1.807) is 6.07 Å². The lowest BCUT2D eigenvalue weighted by atomic mass is 10.2. The lowest BCUT2D eigenvalue weighted by molar-refractivity contribution is 0.0596. The molecule has 1 aromatic carbocycles. The molecule has 0 saturated carbocycles. The Morgan fingerprint density at radius 1 is 1.60 bits per heavy atom. The number of carbonyl (C=O) groups is 1. The van der Waals surface area contributed by atoms with Crippen molar-refractivity contribution in [2.24, 2.45) is 0 Å². The molecule has 78 valence electrons. The van der Waals surface area contributed by atoms with Crippen LogP contribution in [0.25, 0.3) is 10.2 Å². The number of H-pyrrole nitrogens is 1. The summed E-state index contributed by atoms with van der Waals surface area (Å²) in [5.74, 6) is -1.27. The molecule has 0 aliphatic heterocycles. The maximum absolute atomic E-state index is 13.8. The molecule has 3 nitrogen and oxygen atoms in total. The number of thiazole rings is 1. The molecule has 0 aliphatic rings. The number of rotatable bonds is 1. The summed E-state index contributed by atoms with van der Waals surface area (Å²) in [6, 6.07) is 2.98. The molecule has 0 unspecified atom stereocenters. The number of methoxy groups -OCH3 is 1. The Labute approximate surface area is 93.5 Å². The summed E-state index contributed by atoms with van der Waals surface area (Å²) in [6.45, 7) is 0. The van der Waals surface area contributed by atoms with Gasteiger partial charge in [0.15, 0.2) is 9.77 Å². The molecule has 0 fully saturated rings. The third-order valence-electron chi connectivity index (χ3n) is 1.93. The largest absolute Gasteiger partial charge is 0.465 e. The second-order valence-electron chi connectivity index (χ2n) is 2.81. The van der Waals surface area contributed by atoms with Crippen LogP contribution in [0, 0.1) is 9.77 Å². The molecular weight excluding hydrogens is 237 g/mol. The predicted molar refractivity (Wildman–Crippen MR) is 58.3 cm³/mol. The number of nitrogens with one attached hydrogen (secondary N) is 1. The van der Waals surface area contributed by atoms with Crippen molar-refractivity contribution in [3.8, 4) is 0 Å². The zero-order chi connectivity index (χ0) is 11.0. The Hall–Kier alpha value is -1.27. The predicted octanol–water partition coefficient (Wildman–Crippen LogP) is 2.88. The van der Waals surface area contributed by atoms with E-state index in [1.165, 1.54) is 13.2 Å². The minimum Gasteiger partial charge on any atom is -0.465 e. The first kappa shape index (κ1) is 10.3. The van der Waals surface area contributed by atoms with Crippen LogP contribution >= 0.6 is 23.6 Å². The number of hydrogen-bond acceptors (Lipinski definition) is 4. The van der Waals surface area contributed by atoms with Crippen molar-refractivity contribution >= 4 is 39.7 Å². The van der Waals surface area contributed by atoms with Gasteiger partial charge in [-0.1, -0.05) is 0 Å². The molecule has 15 heavy (non-hydrogen) atoms. The number of ether oxygens (including phenoxy) is 1. The summed E-state index contributed by atoms with van der Waals surface area (Å²) in [7, 11) is 1.21. The Morgan fingerprint density at radius 2 is 2.33 bits per heavy atom. The van der Waals surface area contributed by atoms with Gasteiger partial charge in [0.25, 0.3) is 0 Å². The maximum atomic E-state index is 13.8. The molecule has 6 heteroatoms. The fraction of sp³-hybridized carbons (Fsp3) is 0.111. The minimum absolute atomic E-state index is 0.0738. The second kappa shape index (κ2) is 3.71.